The van der Waals surface area contributed by atoms with Gasteiger partial charge in [-0.05, 0) is 79.1 Å². The number of carboxylic acid groups (broad SMARTS) is 4. The maximum Gasteiger partial charge on any atom is 2.00 e. The SMILES string of the molecule is C/C=C/CCCCC[N+](CO)(CC(C)C(=O)[O-])CC(C)C(=O)O.C/C=C/CCCCC[N+](CO)(CC(C)C(=O)[O-])CC(C)C(=O)O.[Ca+2]. The smallest absolute Gasteiger partial charge is 0.550 e. The van der Waals surface area contributed by atoms with Crippen molar-refractivity contribution in [2.24, 2.45) is 23.7 Å². The van der Waals surface area contributed by atoms with E-state index in [1.165, 1.54) is 13.8 Å². The fourth-order valence-electron chi connectivity index (χ4n) is 5.62. The number of aliphatic hydroxyl groups excluding tert-OH is 2. The van der Waals surface area contributed by atoms with Gasteiger partial charge in [-0.15, -0.1) is 0 Å². The van der Waals surface area contributed by atoms with Gasteiger partial charge >= 0.3 is 49.7 Å². The van der Waals surface area contributed by atoms with Gasteiger partial charge in [0.15, 0.2) is 13.5 Å². The first kappa shape index (κ1) is 49.8. The summed E-state index contributed by atoms with van der Waals surface area (Å²) in [5.41, 5.74) is 0. The van der Waals surface area contributed by atoms with E-state index in [4.69, 9.17) is 10.2 Å². The van der Waals surface area contributed by atoms with Crippen molar-refractivity contribution < 1.29 is 58.8 Å². The summed E-state index contributed by atoms with van der Waals surface area (Å²) in [6, 6.07) is 0. The average Bonchev–Trinajstić information content (AvgIpc) is 3.00. The molecule has 0 amide bonds. The largest absolute Gasteiger partial charge is 2.00 e. The molecule has 0 saturated heterocycles. The van der Waals surface area contributed by atoms with Gasteiger partial charge in [0.05, 0.1) is 39.3 Å². The summed E-state index contributed by atoms with van der Waals surface area (Å²) in [5.74, 6) is -6.95. The first-order valence-electron chi connectivity index (χ1n) is 16.6. The van der Waals surface area contributed by atoms with E-state index in [0.29, 0.717) is 13.1 Å². The predicted octanol–water partition coefficient (Wildman–Crippen LogP) is 1.61. The van der Waals surface area contributed by atoms with E-state index < -0.39 is 47.5 Å². The second-order valence-electron chi connectivity index (χ2n) is 12.9. The molecule has 0 aromatic heterocycles. The minimum atomic E-state index is -1.17. The van der Waals surface area contributed by atoms with Gasteiger partial charge < -0.3 is 40.2 Å². The van der Waals surface area contributed by atoms with Crippen LogP contribution in [0.5, 0.6) is 0 Å². The second-order valence-corrected chi connectivity index (χ2v) is 12.9. The molecule has 12 nitrogen and oxygen atoms in total. The molecule has 0 heterocycles. The maximum absolute atomic E-state index is 11.1. The number of unbranched alkanes of at least 4 members (excludes halogenated alkanes) is 6. The Morgan fingerprint density at radius 2 is 0.872 bits per heavy atom. The fraction of sp³-hybridized carbons (Fsp3) is 0.765. The van der Waals surface area contributed by atoms with Crippen molar-refractivity contribution >= 4 is 61.6 Å². The zero-order valence-corrected chi connectivity index (χ0v) is 32.0. The third-order valence-electron chi connectivity index (χ3n) is 8.37. The quantitative estimate of drug-likeness (QED) is 0.0339. The van der Waals surface area contributed by atoms with E-state index in [9.17, 15) is 39.6 Å². The molecule has 0 aliphatic rings. The van der Waals surface area contributed by atoms with E-state index in [1.807, 2.05) is 26.0 Å². The van der Waals surface area contributed by atoms with Crippen LogP contribution in [0, 0.1) is 23.7 Å². The summed E-state index contributed by atoms with van der Waals surface area (Å²) in [6.07, 6.45) is 15.8. The Labute approximate surface area is 312 Å². The van der Waals surface area contributed by atoms with Crippen LogP contribution in [-0.2, 0) is 19.2 Å². The average molecular weight is 699 g/mol. The zero-order chi connectivity index (χ0) is 35.8. The minimum absolute atomic E-state index is 0. The molecular formula is C34H62CaN2O10+2. The molecule has 0 aliphatic heterocycles. The van der Waals surface area contributed by atoms with Crippen LogP contribution in [0.25, 0.3) is 0 Å². The van der Waals surface area contributed by atoms with Gasteiger partial charge in [-0.1, -0.05) is 38.2 Å². The zero-order valence-electron chi connectivity index (χ0n) is 29.8. The number of aliphatic carboxylic acids is 4. The number of quaternary nitrogens is 2. The van der Waals surface area contributed by atoms with Crippen molar-refractivity contribution in [3.8, 4) is 0 Å². The van der Waals surface area contributed by atoms with Crippen LogP contribution in [0.3, 0.4) is 0 Å². The van der Waals surface area contributed by atoms with Crippen molar-refractivity contribution in [2.75, 3.05) is 52.7 Å². The normalized spacial score (nSPS) is 16.5. The predicted molar refractivity (Wildman–Crippen MR) is 178 cm³/mol. The topological polar surface area (TPSA) is 195 Å². The van der Waals surface area contributed by atoms with Gasteiger partial charge in [0.25, 0.3) is 0 Å². The van der Waals surface area contributed by atoms with E-state index in [0.717, 1.165) is 51.4 Å². The van der Waals surface area contributed by atoms with Gasteiger partial charge in [-0.25, -0.2) is 0 Å². The van der Waals surface area contributed by atoms with Crippen LogP contribution in [-0.4, -0.2) is 144 Å². The monoisotopic (exact) mass is 698 g/mol. The molecule has 0 bridgehead atoms. The summed E-state index contributed by atoms with van der Waals surface area (Å²) in [6.45, 7) is 11.6. The van der Waals surface area contributed by atoms with Gasteiger partial charge in [-0.3, -0.25) is 18.6 Å². The number of hydrogen-bond acceptors (Lipinski definition) is 8. The molecule has 6 unspecified atom stereocenters. The molecule has 0 aromatic rings. The van der Waals surface area contributed by atoms with E-state index >= 15 is 0 Å². The molecule has 0 rings (SSSR count). The van der Waals surface area contributed by atoms with Gasteiger partial charge in [0.2, 0.25) is 0 Å². The number of hydrogen-bond donors (Lipinski definition) is 4. The van der Waals surface area contributed by atoms with Crippen LogP contribution in [0.1, 0.15) is 92.9 Å². The van der Waals surface area contributed by atoms with E-state index in [-0.39, 0.29) is 86.3 Å². The molecule has 13 heteroatoms. The third-order valence-corrected chi connectivity index (χ3v) is 8.37. The molecule has 4 N–H and O–H groups in total. The molecule has 0 fully saturated rings. The van der Waals surface area contributed by atoms with Crippen LogP contribution >= 0.6 is 0 Å². The van der Waals surface area contributed by atoms with Crippen LogP contribution in [0.4, 0.5) is 0 Å². The summed E-state index contributed by atoms with van der Waals surface area (Å²) < 4.78 is 0.179. The molecule has 268 valence electrons. The molecule has 0 spiro atoms. The van der Waals surface area contributed by atoms with E-state index in [2.05, 4.69) is 12.2 Å². The maximum atomic E-state index is 11.1. The van der Waals surface area contributed by atoms with Crippen molar-refractivity contribution in [1.82, 2.24) is 0 Å². The Hall–Kier alpha value is -1.54. The number of carbonyl (C=O) groups is 4. The molecule has 47 heavy (non-hydrogen) atoms. The van der Waals surface area contributed by atoms with Gasteiger partial charge in [-0.2, -0.15) is 0 Å². The molecule has 6 atom stereocenters. The molecule has 0 aromatic carbocycles. The first-order valence-corrected chi connectivity index (χ1v) is 16.6. The van der Waals surface area contributed by atoms with E-state index in [1.54, 1.807) is 13.8 Å². The Bertz CT molecular complexity index is 826. The molecule has 0 aliphatic carbocycles. The number of carboxylic acids is 4. The van der Waals surface area contributed by atoms with Crippen LogP contribution < -0.4 is 10.2 Å². The fourth-order valence-corrected chi connectivity index (χ4v) is 5.62. The van der Waals surface area contributed by atoms with Crippen molar-refractivity contribution in [3.05, 3.63) is 24.3 Å². The van der Waals surface area contributed by atoms with Crippen molar-refractivity contribution in [1.29, 1.82) is 0 Å². The molecule has 0 saturated carbocycles. The second kappa shape index (κ2) is 28.3. The minimum Gasteiger partial charge on any atom is -0.550 e. The van der Waals surface area contributed by atoms with Gasteiger partial charge in [0.1, 0.15) is 11.8 Å². The number of carbonyl (C=O) groups excluding carboxylic acids is 2. The summed E-state index contributed by atoms with van der Waals surface area (Å²) >= 11 is 0. The third kappa shape index (κ3) is 23.5. The number of aliphatic hydroxyl groups is 2. The van der Waals surface area contributed by atoms with Gasteiger partial charge in [0, 0.05) is 23.8 Å². The molecule has 0 radical (unpaired) electrons. The number of nitrogens with zero attached hydrogens (tertiary/aromatic N) is 2. The van der Waals surface area contributed by atoms with Crippen molar-refractivity contribution in [3.63, 3.8) is 0 Å². The Morgan fingerprint density at radius 3 is 1.11 bits per heavy atom. The summed E-state index contributed by atoms with van der Waals surface area (Å²) in [7, 11) is 0. The number of allylic oxidation sites excluding steroid dienone is 4. The Morgan fingerprint density at radius 1 is 0.574 bits per heavy atom. The first-order chi connectivity index (χ1) is 21.6. The standard InChI is InChI=1S/2C17H31NO5.Ca/c2*1-4-5-6-7-8-9-10-18(13-19,11-14(2)16(20)21)12-15(3)17(22)23;/h2*4-5,14-15,19H,6-13H2,1-3H3,(H-,20,21,22,23);/q;;+2/b2*5-4+;. The van der Waals surface area contributed by atoms with Crippen LogP contribution in [0.2, 0.25) is 0 Å². The number of rotatable bonds is 26. The summed E-state index contributed by atoms with van der Waals surface area (Å²) in [4.78, 5) is 44.3. The Kier molecular flexibility index (Phi) is 30.0. The van der Waals surface area contributed by atoms with Crippen molar-refractivity contribution in [2.45, 2.75) is 92.9 Å². The summed E-state index contributed by atoms with van der Waals surface area (Å²) in [5, 5.41) is 60.0. The van der Waals surface area contributed by atoms with Crippen LogP contribution in [0.15, 0.2) is 24.3 Å². The Balaban J connectivity index is -0.000000807. The molecular weight excluding hydrogens is 636 g/mol.